The molecule has 3 aromatic rings. The molecule has 4 fully saturated rings. The summed E-state index contributed by atoms with van der Waals surface area (Å²) in [5, 5.41) is 6.29. The third-order valence-electron chi connectivity index (χ3n) is 11.9. The number of rotatable bonds is 14. The number of nitrogens with zero attached hydrogens (tertiary/aromatic N) is 2. The van der Waals surface area contributed by atoms with E-state index < -0.39 is 79.2 Å². The SMILES string of the molecule is C=C[C@@H]1CC1(NC(=O)[C@@H]1C[C@@H](Oc2cc(-c3ccccc3)nc3cc(OC)ccc23)CN1C(=O)[C@@H](OC(=O)NC(C)(C)C)C(C)(C)C)C(=O)NS(=O)(=O)C1(CC2CC2)CC1. The largest absolute Gasteiger partial charge is 0.497 e. The standard InChI is InChI=1S/C45H57N5O9S/c1-9-29-25-45(29,40(53)49-60(55,56)44(19-20-44)24-27-15-16-27)47-38(51)35-22-31(26-50(35)39(52)37(42(2,3)4)59-41(54)48-43(5,6)7)58-36-23-33(28-13-11-10-12-14-28)46-34-21-30(57-8)17-18-32(34)36/h9-14,17-18,21,23,27,29,31,35,37H,1,15-16,19-20,22,24-26H2,2-8H3,(H,47,51)(H,48,54)(H,49,53)/t29-,31-,35+,37-,45?/m1/s1. The van der Waals surface area contributed by atoms with Gasteiger partial charge in [-0.1, -0.05) is 70.0 Å². The van der Waals surface area contributed by atoms with Crippen molar-refractivity contribution in [2.75, 3.05) is 13.7 Å². The molecule has 1 unspecified atom stereocenters. The van der Waals surface area contributed by atoms with E-state index in [0.717, 1.165) is 18.4 Å². The summed E-state index contributed by atoms with van der Waals surface area (Å²) in [7, 11) is -2.47. The van der Waals surface area contributed by atoms with Gasteiger partial charge in [-0.05, 0) is 64.5 Å². The first-order chi connectivity index (χ1) is 28.2. The second kappa shape index (κ2) is 15.7. The highest BCUT2D eigenvalue weighted by Crippen LogP contribution is 2.53. The number of carbonyl (C=O) groups excluding carboxylic acids is 4. The summed E-state index contributed by atoms with van der Waals surface area (Å²) < 4.78 is 46.7. The second-order valence-corrected chi connectivity index (χ2v) is 21.1. The zero-order chi connectivity index (χ0) is 43.4. The van der Waals surface area contributed by atoms with Crippen LogP contribution >= 0.6 is 0 Å². The number of carbonyl (C=O) groups is 4. The van der Waals surface area contributed by atoms with Crippen LogP contribution in [-0.2, 0) is 29.1 Å². The summed E-state index contributed by atoms with van der Waals surface area (Å²) in [4.78, 5) is 62.8. The fraction of sp³-hybridized carbons (Fsp3) is 0.533. The Hall–Kier alpha value is -5.18. The van der Waals surface area contributed by atoms with E-state index in [1.807, 2.05) is 42.5 Å². The molecule has 7 rings (SSSR count). The lowest BCUT2D eigenvalue weighted by Gasteiger charge is -2.35. The lowest BCUT2D eigenvalue weighted by atomic mass is 9.88. The van der Waals surface area contributed by atoms with E-state index in [1.165, 1.54) is 11.0 Å². The maximum atomic E-state index is 14.7. The topological polar surface area (TPSA) is 182 Å². The van der Waals surface area contributed by atoms with Gasteiger partial charge in [0.15, 0.2) is 6.10 Å². The number of aromatic nitrogens is 1. The minimum atomic E-state index is -4.04. The zero-order valence-electron chi connectivity index (χ0n) is 35.5. The number of hydrogen-bond donors (Lipinski definition) is 3. The van der Waals surface area contributed by atoms with Crippen LogP contribution in [-0.4, -0.2) is 89.8 Å². The van der Waals surface area contributed by atoms with Crippen molar-refractivity contribution >= 4 is 44.7 Å². The number of likely N-dealkylation sites (tertiary alicyclic amines) is 1. The maximum absolute atomic E-state index is 14.7. The smallest absolute Gasteiger partial charge is 0.408 e. The van der Waals surface area contributed by atoms with Crippen LogP contribution in [0.3, 0.4) is 0 Å². The van der Waals surface area contributed by atoms with Crippen LogP contribution in [0.25, 0.3) is 22.2 Å². The Morgan fingerprint density at radius 3 is 2.30 bits per heavy atom. The Bertz CT molecular complexity index is 2300. The monoisotopic (exact) mass is 843 g/mol. The molecule has 60 heavy (non-hydrogen) atoms. The van der Waals surface area contributed by atoms with Crippen molar-refractivity contribution in [3.8, 4) is 22.8 Å². The molecule has 1 saturated heterocycles. The summed E-state index contributed by atoms with van der Waals surface area (Å²) in [6, 6.07) is 15.6. The van der Waals surface area contributed by atoms with Gasteiger partial charge in [-0.3, -0.25) is 19.1 Å². The average molecular weight is 844 g/mol. The fourth-order valence-electron chi connectivity index (χ4n) is 8.13. The number of methoxy groups -OCH3 is 1. The fourth-order valence-corrected chi connectivity index (χ4v) is 9.87. The van der Waals surface area contributed by atoms with Crippen LogP contribution in [0.15, 0.2) is 67.3 Å². The summed E-state index contributed by atoms with van der Waals surface area (Å²) in [6.07, 6.45) is 2.23. The summed E-state index contributed by atoms with van der Waals surface area (Å²) in [5.41, 5.74) is -1.07. The minimum Gasteiger partial charge on any atom is -0.497 e. The molecule has 3 saturated carbocycles. The van der Waals surface area contributed by atoms with Crippen molar-refractivity contribution in [2.24, 2.45) is 17.3 Å². The lowest BCUT2D eigenvalue weighted by molar-refractivity contribution is -0.150. The van der Waals surface area contributed by atoms with Crippen molar-refractivity contribution in [3.63, 3.8) is 0 Å². The second-order valence-electron chi connectivity index (χ2n) is 19.0. The minimum absolute atomic E-state index is 0.00250. The molecule has 1 aliphatic heterocycles. The van der Waals surface area contributed by atoms with Gasteiger partial charge in [0.1, 0.15) is 29.2 Å². The number of ether oxygens (including phenoxy) is 3. The van der Waals surface area contributed by atoms with Gasteiger partial charge < -0.3 is 29.7 Å². The average Bonchev–Trinajstić information content (AvgIpc) is 4.13. The molecule has 3 aliphatic carbocycles. The molecule has 0 radical (unpaired) electrons. The van der Waals surface area contributed by atoms with Crippen molar-refractivity contribution in [1.29, 1.82) is 0 Å². The van der Waals surface area contributed by atoms with Crippen molar-refractivity contribution in [1.82, 2.24) is 25.2 Å². The molecule has 5 atom stereocenters. The Morgan fingerprint density at radius 1 is 1.02 bits per heavy atom. The van der Waals surface area contributed by atoms with E-state index in [2.05, 4.69) is 21.9 Å². The first-order valence-corrected chi connectivity index (χ1v) is 22.2. The summed E-state index contributed by atoms with van der Waals surface area (Å²) in [5.74, 6) is -1.27. The normalized spacial score (nSPS) is 23.9. The molecule has 4 amide bonds. The van der Waals surface area contributed by atoms with E-state index in [1.54, 1.807) is 60.8 Å². The third kappa shape index (κ3) is 8.96. The highest BCUT2D eigenvalue weighted by molar-refractivity contribution is 7.91. The van der Waals surface area contributed by atoms with Gasteiger partial charge in [-0.2, -0.15) is 0 Å². The summed E-state index contributed by atoms with van der Waals surface area (Å²) in [6.45, 7) is 14.4. The molecule has 2 heterocycles. The van der Waals surface area contributed by atoms with Gasteiger partial charge in [-0.15, -0.1) is 6.58 Å². The van der Waals surface area contributed by atoms with E-state index in [9.17, 15) is 27.6 Å². The van der Waals surface area contributed by atoms with Gasteiger partial charge in [0.05, 0.1) is 29.6 Å². The quantitative estimate of drug-likeness (QED) is 0.162. The Labute approximate surface area is 352 Å². The number of fused-ring (bicyclic) bond motifs is 1. The molecular formula is C45H57N5O9S. The highest BCUT2D eigenvalue weighted by atomic mass is 32.2. The molecule has 1 aromatic heterocycles. The van der Waals surface area contributed by atoms with Crippen LogP contribution in [0.2, 0.25) is 0 Å². The van der Waals surface area contributed by atoms with Crippen molar-refractivity contribution in [3.05, 3.63) is 67.3 Å². The Balaban J connectivity index is 1.20. The molecule has 3 N–H and O–H groups in total. The molecule has 0 spiro atoms. The van der Waals surface area contributed by atoms with Crippen LogP contribution in [0.4, 0.5) is 4.79 Å². The van der Waals surface area contributed by atoms with Gasteiger partial charge in [0.2, 0.25) is 15.9 Å². The number of alkyl carbamates (subject to hydrolysis) is 1. The van der Waals surface area contributed by atoms with Crippen LogP contribution in [0.1, 0.15) is 86.5 Å². The highest BCUT2D eigenvalue weighted by Gasteiger charge is 2.64. The molecule has 2 aromatic carbocycles. The lowest BCUT2D eigenvalue weighted by Crippen LogP contribution is -2.59. The number of amides is 4. The van der Waals surface area contributed by atoms with Gasteiger partial charge in [0.25, 0.3) is 11.8 Å². The number of nitrogens with one attached hydrogen (secondary N) is 3. The number of benzene rings is 2. The molecule has 0 bridgehead atoms. The van der Waals surface area contributed by atoms with Crippen LogP contribution in [0.5, 0.6) is 11.5 Å². The van der Waals surface area contributed by atoms with E-state index >= 15 is 0 Å². The molecular weight excluding hydrogens is 787 g/mol. The van der Waals surface area contributed by atoms with Crippen LogP contribution < -0.4 is 24.8 Å². The van der Waals surface area contributed by atoms with Gasteiger partial charge >= 0.3 is 6.09 Å². The van der Waals surface area contributed by atoms with Gasteiger partial charge in [-0.25, -0.2) is 18.2 Å². The zero-order valence-corrected chi connectivity index (χ0v) is 36.3. The third-order valence-corrected chi connectivity index (χ3v) is 14.1. The molecule has 4 aliphatic rings. The van der Waals surface area contributed by atoms with Gasteiger partial charge in [0, 0.05) is 46.4 Å². The first-order valence-electron chi connectivity index (χ1n) is 20.7. The summed E-state index contributed by atoms with van der Waals surface area (Å²) >= 11 is 0. The Kier molecular flexibility index (Phi) is 11.2. The number of hydrogen-bond acceptors (Lipinski definition) is 10. The predicted octanol–water partition coefficient (Wildman–Crippen LogP) is 6.04. The predicted molar refractivity (Wildman–Crippen MR) is 226 cm³/mol. The van der Waals surface area contributed by atoms with E-state index in [0.29, 0.717) is 53.3 Å². The number of sulfonamides is 1. The van der Waals surface area contributed by atoms with E-state index in [4.69, 9.17) is 19.2 Å². The first kappa shape index (κ1) is 42.9. The number of pyridine rings is 1. The van der Waals surface area contributed by atoms with Crippen LogP contribution in [0, 0.1) is 17.3 Å². The molecule has 14 nitrogen and oxygen atoms in total. The van der Waals surface area contributed by atoms with Crippen molar-refractivity contribution < 1.29 is 41.8 Å². The molecule has 322 valence electrons. The maximum Gasteiger partial charge on any atom is 0.408 e. The molecule has 15 heteroatoms. The Morgan fingerprint density at radius 2 is 1.72 bits per heavy atom. The van der Waals surface area contributed by atoms with E-state index in [-0.39, 0.29) is 19.4 Å². The van der Waals surface area contributed by atoms with Crippen molar-refractivity contribution in [2.45, 2.75) is 121 Å².